The molecular weight excluding hydrogens is 202 g/mol. The molecule has 0 aliphatic rings. The first kappa shape index (κ1) is 14.3. The Bertz CT molecular complexity index is 197. The summed E-state index contributed by atoms with van der Waals surface area (Å²) >= 11 is 0. The van der Waals surface area contributed by atoms with Crippen LogP contribution in [0.4, 0.5) is 0 Å². The quantitative estimate of drug-likeness (QED) is 0.355. The zero-order chi connectivity index (χ0) is 12.0. The monoisotopic (exact) mass is 221 g/mol. The van der Waals surface area contributed by atoms with Gasteiger partial charge in [0, 0.05) is 12.5 Å². The normalized spacial score (nSPS) is 17.3. The van der Waals surface area contributed by atoms with Crippen LogP contribution in [0.25, 0.3) is 0 Å². The lowest BCUT2D eigenvalue weighted by Crippen LogP contribution is -2.45. The summed E-state index contributed by atoms with van der Waals surface area (Å²) in [6, 6.07) is -0.137. The van der Waals surface area contributed by atoms with Crippen LogP contribution in [-0.4, -0.2) is 57.3 Å². The molecule has 0 aromatic rings. The van der Waals surface area contributed by atoms with E-state index in [4.69, 9.17) is 10.2 Å². The molecule has 15 heavy (non-hydrogen) atoms. The van der Waals surface area contributed by atoms with Crippen molar-refractivity contribution in [3.05, 3.63) is 0 Å². The van der Waals surface area contributed by atoms with Gasteiger partial charge in [0.1, 0.15) is 0 Å². The van der Waals surface area contributed by atoms with Gasteiger partial charge in [-0.25, -0.2) is 0 Å². The van der Waals surface area contributed by atoms with E-state index in [1.54, 1.807) is 13.8 Å². The van der Waals surface area contributed by atoms with Crippen molar-refractivity contribution < 1.29 is 25.2 Å². The summed E-state index contributed by atoms with van der Waals surface area (Å²) in [4.78, 5) is 11.2. The largest absolute Gasteiger partial charge is 0.394 e. The Balaban J connectivity index is 4.07. The molecule has 0 aliphatic heterocycles. The van der Waals surface area contributed by atoms with Crippen LogP contribution in [0, 0.1) is 0 Å². The van der Waals surface area contributed by atoms with E-state index in [1.807, 2.05) is 0 Å². The van der Waals surface area contributed by atoms with Gasteiger partial charge in [-0.05, 0) is 13.8 Å². The Hall–Kier alpha value is -0.690. The summed E-state index contributed by atoms with van der Waals surface area (Å²) in [6.07, 6.45) is -4.36. The van der Waals surface area contributed by atoms with Gasteiger partial charge in [-0.15, -0.1) is 0 Å². The van der Waals surface area contributed by atoms with Crippen molar-refractivity contribution in [2.75, 3.05) is 6.61 Å². The molecule has 0 rings (SSSR count). The van der Waals surface area contributed by atoms with E-state index < -0.39 is 30.8 Å². The van der Waals surface area contributed by atoms with E-state index in [1.165, 1.54) is 0 Å². The van der Waals surface area contributed by atoms with Gasteiger partial charge in [-0.2, -0.15) is 0 Å². The van der Waals surface area contributed by atoms with Crippen molar-refractivity contribution in [3.63, 3.8) is 0 Å². The van der Waals surface area contributed by atoms with Crippen LogP contribution in [0.3, 0.4) is 0 Å². The van der Waals surface area contributed by atoms with Crippen LogP contribution in [0.1, 0.15) is 20.3 Å². The van der Waals surface area contributed by atoms with Gasteiger partial charge in [0.2, 0.25) is 0 Å². The molecule has 0 fully saturated rings. The molecule has 0 spiro atoms. The Morgan fingerprint density at radius 3 is 2.20 bits per heavy atom. The molecule has 0 saturated carbocycles. The summed E-state index contributed by atoms with van der Waals surface area (Å²) < 4.78 is 0. The molecule has 0 radical (unpaired) electrons. The number of hydrogen-bond acceptors (Lipinski definition) is 5. The molecule has 5 N–H and O–H groups in total. The van der Waals surface area contributed by atoms with Crippen molar-refractivity contribution in [2.45, 2.75) is 44.6 Å². The first-order valence-electron chi connectivity index (χ1n) is 4.84. The molecule has 90 valence electrons. The number of rotatable bonds is 6. The van der Waals surface area contributed by atoms with Gasteiger partial charge < -0.3 is 25.7 Å². The lowest BCUT2D eigenvalue weighted by molar-refractivity contribution is -0.137. The predicted molar refractivity (Wildman–Crippen MR) is 53.0 cm³/mol. The lowest BCUT2D eigenvalue weighted by atomic mass is 10.1. The van der Waals surface area contributed by atoms with E-state index in [-0.39, 0.29) is 12.5 Å². The number of aliphatic hydroxyl groups excluding tert-OH is 4. The van der Waals surface area contributed by atoms with Gasteiger partial charge in [-0.3, -0.25) is 4.79 Å². The maximum atomic E-state index is 11.2. The highest BCUT2D eigenvalue weighted by molar-refractivity contribution is 5.81. The molecule has 0 saturated heterocycles. The fraction of sp³-hybridized carbons (Fsp3) is 0.889. The Morgan fingerprint density at radius 2 is 1.80 bits per heavy atom. The molecule has 2 unspecified atom stereocenters. The first-order chi connectivity index (χ1) is 6.88. The summed E-state index contributed by atoms with van der Waals surface area (Å²) in [5.41, 5.74) is 0. The standard InChI is InChI=1S/C9H19NO5/c1-5(2)10-9(15)8(14)7(13)3-6(12)4-11/h5-8,11-14H,3-4H2,1-2H3,(H,10,15)/t6?,7-,8?/m0/s1. The van der Waals surface area contributed by atoms with Crippen molar-refractivity contribution >= 4 is 5.91 Å². The number of amides is 1. The predicted octanol–water partition coefficient (Wildman–Crippen LogP) is -2.02. The highest BCUT2D eigenvalue weighted by Crippen LogP contribution is 2.03. The molecule has 0 heterocycles. The smallest absolute Gasteiger partial charge is 0.251 e. The maximum absolute atomic E-state index is 11.2. The highest BCUT2D eigenvalue weighted by Gasteiger charge is 2.26. The number of nitrogens with one attached hydrogen (secondary N) is 1. The summed E-state index contributed by atoms with van der Waals surface area (Å²) in [7, 11) is 0. The van der Waals surface area contributed by atoms with Crippen LogP contribution in [0.5, 0.6) is 0 Å². The zero-order valence-corrected chi connectivity index (χ0v) is 8.92. The van der Waals surface area contributed by atoms with Crippen molar-refractivity contribution in [1.82, 2.24) is 5.32 Å². The number of carbonyl (C=O) groups excluding carboxylic acids is 1. The minimum Gasteiger partial charge on any atom is -0.394 e. The Morgan fingerprint density at radius 1 is 1.27 bits per heavy atom. The minimum atomic E-state index is -1.59. The molecular formula is C9H19NO5. The average molecular weight is 221 g/mol. The van der Waals surface area contributed by atoms with E-state index in [0.717, 1.165) is 0 Å². The summed E-state index contributed by atoms with van der Waals surface area (Å²) in [5.74, 6) is -0.692. The fourth-order valence-corrected chi connectivity index (χ4v) is 1.03. The number of hydrogen-bond donors (Lipinski definition) is 5. The van der Waals surface area contributed by atoms with Crippen LogP contribution < -0.4 is 5.32 Å². The van der Waals surface area contributed by atoms with Gasteiger partial charge in [-0.1, -0.05) is 0 Å². The molecule has 0 aromatic carbocycles. The third kappa shape index (κ3) is 5.68. The molecule has 6 nitrogen and oxygen atoms in total. The van der Waals surface area contributed by atoms with E-state index >= 15 is 0 Å². The highest BCUT2D eigenvalue weighted by atomic mass is 16.3. The Labute approximate surface area is 88.5 Å². The van der Waals surface area contributed by atoms with Crippen LogP contribution >= 0.6 is 0 Å². The molecule has 6 heteroatoms. The van der Waals surface area contributed by atoms with Gasteiger partial charge in [0.15, 0.2) is 6.10 Å². The molecule has 0 aliphatic carbocycles. The van der Waals surface area contributed by atoms with Gasteiger partial charge in [0.05, 0.1) is 18.8 Å². The lowest BCUT2D eigenvalue weighted by Gasteiger charge is -2.20. The van der Waals surface area contributed by atoms with Crippen molar-refractivity contribution in [1.29, 1.82) is 0 Å². The van der Waals surface area contributed by atoms with Gasteiger partial charge >= 0.3 is 0 Å². The summed E-state index contributed by atoms with van der Waals surface area (Å²) in [6.45, 7) is 2.93. The average Bonchev–Trinajstić information content (AvgIpc) is 2.15. The molecule has 0 aromatic heterocycles. The number of aliphatic hydroxyl groups is 4. The van der Waals surface area contributed by atoms with E-state index in [0.29, 0.717) is 0 Å². The first-order valence-corrected chi connectivity index (χ1v) is 4.84. The zero-order valence-electron chi connectivity index (χ0n) is 8.92. The van der Waals surface area contributed by atoms with Gasteiger partial charge in [0.25, 0.3) is 5.91 Å². The van der Waals surface area contributed by atoms with Crippen LogP contribution in [-0.2, 0) is 4.79 Å². The Kier molecular flexibility index (Phi) is 6.42. The fourth-order valence-electron chi connectivity index (χ4n) is 1.03. The van der Waals surface area contributed by atoms with Crippen LogP contribution in [0.15, 0.2) is 0 Å². The van der Waals surface area contributed by atoms with Crippen molar-refractivity contribution in [2.24, 2.45) is 0 Å². The molecule has 0 bridgehead atoms. The maximum Gasteiger partial charge on any atom is 0.251 e. The third-order valence-corrected chi connectivity index (χ3v) is 1.79. The SMILES string of the molecule is CC(C)NC(=O)C(O)[C@@H](O)CC(O)CO. The molecule has 1 amide bonds. The summed E-state index contributed by atoms with van der Waals surface area (Å²) in [5, 5.41) is 38.6. The topological polar surface area (TPSA) is 110 Å². The second-order valence-electron chi connectivity index (χ2n) is 3.75. The van der Waals surface area contributed by atoms with E-state index in [9.17, 15) is 15.0 Å². The second-order valence-corrected chi connectivity index (χ2v) is 3.75. The second kappa shape index (κ2) is 6.73. The van der Waals surface area contributed by atoms with Crippen LogP contribution in [0.2, 0.25) is 0 Å². The number of carbonyl (C=O) groups is 1. The van der Waals surface area contributed by atoms with Crippen molar-refractivity contribution in [3.8, 4) is 0 Å². The minimum absolute atomic E-state index is 0.137. The third-order valence-electron chi connectivity index (χ3n) is 1.79. The van der Waals surface area contributed by atoms with E-state index in [2.05, 4.69) is 5.32 Å². The molecule has 3 atom stereocenters.